The van der Waals surface area contributed by atoms with Crippen molar-refractivity contribution >= 4 is 0 Å². The van der Waals surface area contributed by atoms with Gasteiger partial charge in [-0.3, -0.25) is 0 Å². The quantitative estimate of drug-likeness (QED) is 0.553. The van der Waals surface area contributed by atoms with E-state index in [2.05, 4.69) is 51.9 Å². The molecule has 116 valence electrons. The zero-order chi connectivity index (χ0) is 14.7. The lowest BCUT2D eigenvalue weighted by molar-refractivity contribution is 0.0948. The molecule has 0 aliphatic rings. The monoisotopic (exact) mass is 272 g/mol. The number of nitrogens with one attached hydrogen (secondary N) is 1. The van der Waals surface area contributed by atoms with E-state index in [4.69, 9.17) is 4.74 Å². The lowest BCUT2D eigenvalue weighted by atomic mass is 9.81. The number of rotatable bonds is 12. The third kappa shape index (κ3) is 8.61. The summed E-state index contributed by atoms with van der Waals surface area (Å²) < 4.78 is 5.44. The first-order valence-electron chi connectivity index (χ1n) is 7.96. The molecule has 0 atom stereocenters. The van der Waals surface area contributed by atoms with Gasteiger partial charge < -0.3 is 15.0 Å². The molecule has 0 radical (unpaired) electrons. The van der Waals surface area contributed by atoms with Crippen molar-refractivity contribution in [3.05, 3.63) is 0 Å². The Kier molecular flexibility index (Phi) is 10.6. The number of ether oxygens (including phenoxy) is 1. The molecule has 3 heteroatoms. The Morgan fingerprint density at radius 2 is 1.79 bits per heavy atom. The summed E-state index contributed by atoms with van der Waals surface area (Å²) in [5.41, 5.74) is 0.399. The fourth-order valence-corrected chi connectivity index (χ4v) is 2.42. The van der Waals surface area contributed by atoms with Gasteiger partial charge in [-0.25, -0.2) is 0 Å². The molecule has 19 heavy (non-hydrogen) atoms. The smallest absolute Gasteiger partial charge is 0.0593 e. The fraction of sp³-hybridized carbons (Fsp3) is 1.00. The Morgan fingerprint density at radius 3 is 2.26 bits per heavy atom. The Labute approximate surface area is 121 Å². The highest BCUT2D eigenvalue weighted by Crippen LogP contribution is 2.26. The van der Waals surface area contributed by atoms with Crippen LogP contribution in [-0.4, -0.2) is 51.3 Å². The van der Waals surface area contributed by atoms with E-state index in [0.717, 1.165) is 45.3 Å². The second kappa shape index (κ2) is 10.6. The topological polar surface area (TPSA) is 24.5 Å². The van der Waals surface area contributed by atoms with Crippen LogP contribution >= 0.6 is 0 Å². The van der Waals surface area contributed by atoms with Crippen molar-refractivity contribution in [1.29, 1.82) is 0 Å². The number of hydrogen-bond donors (Lipinski definition) is 1. The van der Waals surface area contributed by atoms with Crippen LogP contribution in [0.1, 0.15) is 47.5 Å². The van der Waals surface area contributed by atoms with E-state index in [1.54, 1.807) is 0 Å². The molecule has 0 rings (SSSR count). The predicted octanol–water partition coefficient (Wildman–Crippen LogP) is 3.01. The van der Waals surface area contributed by atoms with Crippen LogP contribution in [0.15, 0.2) is 0 Å². The molecule has 0 fully saturated rings. The first-order valence-corrected chi connectivity index (χ1v) is 7.96. The summed E-state index contributed by atoms with van der Waals surface area (Å²) in [6.07, 6.45) is 2.46. The van der Waals surface area contributed by atoms with E-state index in [0.29, 0.717) is 5.41 Å². The number of nitrogens with zero attached hydrogens (tertiary/aromatic N) is 1. The highest BCUT2D eigenvalue weighted by Gasteiger charge is 2.27. The van der Waals surface area contributed by atoms with Crippen LogP contribution in [0.4, 0.5) is 0 Å². The lowest BCUT2D eigenvalue weighted by Gasteiger charge is -2.36. The zero-order valence-electron chi connectivity index (χ0n) is 14.1. The van der Waals surface area contributed by atoms with Crippen LogP contribution in [0.5, 0.6) is 0 Å². The fourth-order valence-electron chi connectivity index (χ4n) is 2.42. The van der Waals surface area contributed by atoms with Gasteiger partial charge in [0.1, 0.15) is 0 Å². The van der Waals surface area contributed by atoms with Gasteiger partial charge in [-0.15, -0.1) is 0 Å². The van der Waals surface area contributed by atoms with Gasteiger partial charge in [-0.1, -0.05) is 27.7 Å². The molecule has 0 aliphatic heterocycles. The summed E-state index contributed by atoms with van der Waals surface area (Å²) in [5, 5.41) is 3.64. The van der Waals surface area contributed by atoms with E-state index in [9.17, 15) is 0 Å². The molecule has 0 spiro atoms. The number of likely N-dealkylation sites (N-methyl/N-ethyl adjacent to an activating group) is 1. The maximum Gasteiger partial charge on any atom is 0.0593 e. The Morgan fingerprint density at radius 1 is 1.16 bits per heavy atom. The highest BCUT2D eigenvalue weighted by atomic mass is 16.5. The van der Waals surface area contributed by atoms with Crippen molar-refractivity contribution in [1.82, 2.24) is 10.2 Å². The van der Waals surface area contributed by atoms with Crippen molar-refractivity contribution in [2.45, 2.75) is 47.5 Å². The molecule has 0 aromatic heterocycles. The van der Waals surface area contributed by atoms with Gasteiger partial charge in [0, 0.05) is 26.2 Å². The van der Waals surface area contributed by atoms with Crippen LogP contribution in [-0.2, 0) is 4.74 Å². The zero-order valence-corrected chi connectivity index (χ0v) is 14.1. The van der Waals surface area contributed by atoms with E-state index in [1.807, 2.05) is 0 Å². The molecular weight excluding hydrogens is 236 g/mol. The van der Waals surface area contributed by atoms with Crippen molar-refractivity contribution < 1.29 is 4.74 Å². The SMILES string of the molecule is CCOCCN(C)CC(CC)(CC)CNCC(C)C. The summed E-state index contributed by atoms with van der Waals surface area (Å²) in [4.78, 5) is 2.42. The third-order valence-electron chi connectivity index (χ3n) is 3.98. The van der Waals surface area contributed by atoms with Crippen LogP contribution in [0.3, 0.4) is 0 Å². The Bertz CT molecular complexity index is 203. The first-order chi connectivity index (χ1) is 8.99. The van der Waals surface area contributed by atoms with Crippen molar-refractivity contribution in [2.75, 3.05) is 46.4 Å². The summed E-state index contributed by atoms with van der Waals surface area (Å²) in [7, 11) is 2.21. The second-order valence-electron chi connectivity index (χ2n) is 6.17. The molecule has 0 saturated heterocycles. The summed E-state index contributed by atoms with van der Waals surface area (Å²) >= 11 is 0. The van der Waals surface area contributed by atoms with E-state index in [1.165, 1.54) is 12.8 Å². The molecule has 0 aliphatic carbocycles. The maximum absolute atomic E-state index is 5.44. The van der Waals surface area contributed by atoms with Gasteiger partial charge in [0.2, 0.25) is 0 Å². The van der Waals surface area contributed by atoms with Crippen molar-refractivity contribution in [3.8, 4) is 0 Å². The van der Waals surface area contributed by atoms with Crippen LogP contribution in [0, 0.1) is 11.3 Å². The minimum Gasteiger partial charge on any atom is -0.380 e. The maximum atomic E-state index is 5.44. The molecule has 0 bridgehead atoms. The predicted molar refractivity (Wildman–Crippen MR) is 84.7 cm³/mol. The molecule has 0 aromatic rings. The molecule has 0 heterocycles. The van der Waals surface area contributed by atoms with Gasteiger partial charge in [0.25, 0.3) is 0 Å². The van der Waals surface area contributed by atoms with E-state index < -0.39 is 0 Å². The summed E-state index contributed by atoms with van der Waals surface area (Å²) in [6, 6.07) is 0. The van der Waals surface area contributed by atoms with Gasteiger partial charge in [-0.05, 0) is 44.7 Å². The molecule has 0 amide bonds. The molecular formula is C16H36N2O. The van der Waals surface area contributed by atoms with E-state index in [-0.39, 0.29) is 0 Å². The lowest BCUT2D eigenvalue weighted by Crippen LogP contribution is -2.44. The molecule has 0 unspecified atom stereocenters. The average Bonchev–Trinajstić information content (AvgIpc) is 2.37. The van der Waals surface area contributed by atoms with Crippen molar-refractivity contribution in [3.63, 3.8) is 0 Å². The molecule has 0 aromatic carbocycles. The Balaban J connectivity index is 4.19. The third-order valence-corrected chi connectivity index (χ3v) is 3.98. The molecule has 1 N–H and O–H groups in total. The summed E-state index contributed by atoms with van der Waals surface area (Å²) in [5.74, 6) is 0.724. The van der Waals surface area contributed by atoms with Gasteiger partial charge in [0.05, 0.1) is 6.61 Å². The minimum atomic E-state index is 0.399. The highest BCUT2D eigenvalue weighted by molar-refractivity contribution is 4.82. The average molecular weight is 272 g/mol. The normalized spacial score (nSPS) is 12.6. The van der Waals surface area contributed by atoms with Gasteiger partial charge in [-0.2, -0.15) is 0 Å². The van der Waals surface area contributed by atoms with Crippen LogP contribution in [0.25, 0.3) is 0 Å². The summed E-state index contributed by atoms with van der Waals surface area (Å²) in [6.45, 7) is 17.3. The first kappa shape index (κ1) is 18.9. The van der Waals surface area contributed by atoms with E-state index >= 15 is 0 Å². The standard InChI is InChI=1S/C16H36N2O/c1-7-16(8-2,13-17-12-15(4)5)14-18(6)10-11-19-9-3/h15,17H,7-14H2,1-6H3. The van der Waals surface area contributed by atoms with Crippen LogP contribution in [0.2, 0.25) is 0 Å². The van der Waals surface area contributed by atoms with Crippen LogP contribution < -0.4 is 5.32 Å². The number of hydrogen-bond acceptors (Lipinski definition) is 3. The molecule has 3 nitrogen and oxygen atoms in total. The largest absolute Gasteiger partial charge is 0.380 e. The Hall–Kier alpha value is -0.120. The minimum absolute atomic E-state index is 0.399. The van der Waals surface area contributed by atoms with Gasteiger partial charge in [0.15, 0.2) is 0 Å². The van der Waals surface area contributed by atoms with Crippen molar-refractivity contribution in [2.24, 2.45) is 11.3 Å². The van der Waals surface area contributed by atoms with Gasteiger partial charge >= 0.3 is 0 Å². The molecule has 0 saturated carbocycles. The second-order valence-corrected chi connectivity index (χ2v) is 6.17.